The molecule has 1 rings (SSSR count). The average Bonchev–Trinajstić information content (AvgIpc) is 2.56. The zero-order valence-corrected chi connectivity index (χ0v) is 18.1. The minimum absolute atomic E-state index is 0. The standard InChI is InChI=1S/C21H37P.H3P/c1-4-7-10-14-19-22(17-8-5-2,18-9-6-3)20-21-15-12-11-13-16-21;/h4,11-13,15-16,22H,1,5-10,14,17-20H2,2-3H3;1H3. The molecule has 1 atom stereocenters. The van der Waals surface area contributed by atoms with Crippen LogP contribution in [0.2, 0.25) is 0 Å². The van der Waals surface area contributed by atoms with E-state index in [0.29, 0.717) is 0 Å². The third-order valence-corrected chi connectivity index (χ3v) is 10.3. The first-order valence-electron chi connectivity index (χ1n) is 9.41. The van der Waals surface area contributed by atoms with E-state index < -0.39 is 7.26 Å². The molecule has 2 heteroatoms. The van der Waals surface area contributed by atoms with Crippen molar-refractivity contribution in [1.82, 2.24) is 0 Å². The van der Waals surface area contributed by atoms with Crippen LogP contribution >= 0.6 is 17.2 Å². The van der Waals surface area contributed by atoms with Gasteiger partial charge in [0.25, 0.3) is 0 Å². The average molecular weight is 354 g/mol. The molecule has 0 aromatic heterocycles. The summed E-state index contributed by atoms with van der Waals surface area (Å²) < 4.78 is 0. The number of allylic oxidation sites excluding steroid dienone is 1. The van der Waals surface area contributed by atoms with Gasteiger partial charge in [-0.2, -0.15) is 9.90 Å². The summed E-state index contributed by atoms with van der Waals surface area (Å²) in [6.07, 6.45) is 17.6. The molecule has 0 heterocycles. The molecule has 0 nitrogen and oxygen atoms in total. The van der Waals surface area contributed by atoms with Gasteiger partial charge >= 0.3 is 139 Å². The molecular formula is C21H40P2. The first-order valence-corrected chi connectivity index (χ1v) is 12.2. The van der Waals surface area contributed by atoms with Gasteiger partial charge in [0.2, 0.25) is 0 Å². The van der Waals surface area contributed by atoms with Gasteiger partial charge in [-0.25, -0.2) is 0 Å². The topological polar surface area (TPSA) is 0 Å². The predicted molar refractivity (Wildman–Crippen MR) is 118 cm³/mol. The Morgan fingerprint density at radius 2 is 1.43 bits per heavy atom. The number of rotatable bonds is 13. The number of unbranched alkanes of at least 4 members (excludes halogenated alkanes) is 4. The van der Waals surface area contributed by atoms with Gasteiger partial charge in [-0.3, -0.25) is 0 Å². The van der Waals surface area contributed by atoms with E-state index in [1.807, 2.05) is 0 Å². The van der Waals surface area contributed by atoms with Crippen LogP contribution in [-0.4, -0.2) is 18.5 Å². The van der Waals surface area contributed by atoms with Crippen LogP contribution in [0.15, 0.2) is 43.0 Å². The van der Waals surface area contributed by atoms with Crippen molar-refractivity contribution in [1.29, 1.82) is 0 Å². The molecule has 0 aliphatic heterocycles. The van der Waals surface area contributed by atoms with Crippen LogP contribution in [0.5, 0.6) is 0 Å². The second kappa shape index (κ2) is 14.2. The largest absolute Gasteiger partial charge is 0.153 e. The Labute approximate surface area is 149 Å². The Kier molecular flexibility index (Phi) is 14.1. The van der Waals surface area contributed by atoms with Crippen molar-refractivity contribution in [3.05, 3.63) is 48.6 Å². The van der Waals surface area contributed by atoms with E-state index >= 15 is 0 Å². The van der Waals surface area contributed by atoms with Crippen LogP contribution in [0.25, 0.3) is 0 Å². The molecule has 0 fully saturated rings. The van der Waals surface area contributed by atoms with E-state index in [1.165, 1.54) is 69.6 Å². The summed E-state index contributed by atoms with van der Waals surface area (Å²) >= 11 is 0. The van der Waals surface area contributed by atoms with Gasteiger partial charge in [0.1, 0.15) is 0 Å². The minimum Gasteiger partial charge on any atom is -0.153 e. The maximum atomic E-state index is 3.87. The molecular weight excluding hydrogens is 314 g/mol. The summed E-state index contributed by atoms with van der Waals surface area (Å²) in [7, 11) is -1.16. The van der Waals surface area contributed by atoms with E-state index in [-0.39, 0.29) is 9.90 Å². The van der Waals surface area contributed by atoms with Gasteiger partial charge in [-0.15, -0.1) is 0 Å². The van der Waals surface area contributed by atoms with Crippen LogP contribution in [0.1, 0.15) is 64.4 Å². The zero-order chi connectivity index (χ0) is 16.1. The van der Waals surface area contributed by atoms with Gasteiger partial charge in [0, 0.05) is 0 Å². The van der Waals surface area contributed by atoms with Gasteiger partial charge in [0.05, 0.1) is 0 Å². The Hall–Kier alpha value is -0.180. The van der Waals surface area contributed by atoms with Crippen LogP contribution in [0, 0.1) is 0 Å². The maximum Gasteiger partial charge on any atom is -0.153 e. The molecule has 0 aliphatic rings. The van der Waals surface area contributed by atoms with E-state index in [9.17, 15) is 0 Å². The molecule has 1 unspecified atom stereocenters. The number of hydrogen-bond acceptors (Lipinski definition) is 0. The third-order valence-electron chi connectivity index (χ3n) is 4.91. The molecule has 1 aromatic rings. The van der Waals surface area contributed by atoms with Crippen molar-refractivity contribution >= 4 is 17.2 Å². The Bertz CT molecular complexity index is 378. The molecule has 1 aromatic carbocycles. The van der Waals surface area contributed by atoms with E-state index in [0.717, 1.165) is 0 Å². The van der Waals surface area contributed by atoms with E-state index in [2.05, 4.69) is 56.8 Å². The van der Waals surface area contributed by atoms with E-state index in [4.69, 9.17) is 0 Å². The maximum absolute atomic E-state index is 3.87. The number of hydrogen-bond donors (Lipinski definition) is 0. The van der Waals surface area contributed by atoms with Crippen LogP contribution in [0.3, 0.4) is 0 Å². The molecule has 23 heavy (non-hydrogen) atoms. The van der Waals surface area contributed by atoms with Crippen molar-refractivity contribution < 1.29 is 0 Å². The Morgan fingerprint density at radius 3 is 1.96 bits per heavy atom. The van der Waals surface area contributed by atoms with Crippen LogP contribution < -0.4 is 0 Å². The van der Waals surface area contributed by atoms with Gasteiger partial charge in [-0.1, -0.05) is 0 Å². The second-order valence-corrected chi connectivity index (χ2v) is 11.8. The van der Waals surface area contributed by atoms with Crippen molar-refractivity contribution in [2.24, 2.45) is 0 Å². The summed E-state index contributed by atoms with van der Waals surface area (Å²) in [5.74, 6) is 0. The molecule has 0 spiro atoms. The van der Waals surface area contributed by atoms with Crippen molar-refractivity contribution in [2.75, 3.05) is 18.5 Å². The SMILES string of the molecule is C=CCCCC[PH](CCCC)(CCCC)Cc1ccccc1.P. The number of benzene rings is 1. The Balaban J connectivity index is 0.00000484. The van der Waals surface area contributed by atoms with Gasteiger partial charge < -0.3 is 0 Å². The monoisotopic (exact) mass is 354 g/mol. The summed E-state index contributed by atoms with van der Waals surface area (Å²) in [5, 5.41) is 0. The molecule has 0 bridgehead atoms. The quantitative estimate of drug-likeness (QED) is 0.204. The van der Waals surface area contributed by atoms with E-state index in [1.54, 1.807) is 5.56 Å². The molecule has 0 N–H and O–H groups in total. The Morgan fingerprint density at radius 1 is 0.870 bits per heavy atom. The van der Waals surface area contributed by atoms with Gasteiger partial charge in [-0.05, 0) is 0 Å². The predicted octanol–water partition coefficient (Wildman–Crippen LogP) is 6.95. The van der Waals surface area contributed by atoms with Crippen LogP contribution in [-0.2, 0) is 6.16 Å². The fourth-order valence-electron chi connectivity index (χ4n) is 3.56. The summed E-state index contributed by atoms with van der Waals surface area (Å²) in [6, 6.07) is 11.3. The zero-order valence-electron chi connectivity index (χ0n) is 15.7. The second-order valence-electron chi connectivity index (χ2n) is 6.90. The first-order chi connectivity index (χ1) is 10.8. The molecule has 0 saturated heterocycles. The smallest absolute Gasteiger partial charge is 0.153 e. The third kappa shape index (κ3) is 9.64. The van der Waals surface area contributed by atoms with Crippen molar-refractivity contribution in [3.8, 4) is 0 Å². The summed E-state index contributed by atoms with van der Waals surface area (Å²) in [6.45, 7) is 8.57. The minimum atomic E-state index is -1.16. The fourth-order valence-corrected chi connectivity index (χ4v) is 9.15. The summed E-state index contributed by atoms with van der Waals surface area (Å²) in [5.41, 5.74) is 1.59. The molecule has 0 aliphatic carbocycles. The molecule has 0 amide bonds. The molecule has 0 radical (unpaired) electrons. The fraction of sp³-hybridized carbons (Fsp3) is 0.619. The normalized spacial score (nSPS) is 11.7. The van der Waals surface area contributed by atoms with Gasteiger partial charge in [0.15, 0.2) is 0 Å². The molecule has 134 valence electrons. The molecule has 0 saturated carbocycles. The summed E-state index contributed by atoms with van der Waals surface area (Å²) in [4.78, 5) is 0. The van der Waals surface area contributed by atoms with Crippen LogP contribution in [0.4, 0.5) is 0 Å². The van der Waals surface area contributed by atoms with Crippen molar-refractivity contribution in [2.45, 2.75) is 65.0 Å². The van der Waals surface area contributed by atoms with Crippen molar-refractivity contribution in [3.63, 3.8) is 0 Å². The first kappa shape index (κ1) is 22.8.